The van der Waals surface area contributed by atoms with Gasteiger partial charge < -0.3 is 11.1 Å². The summed E-state index contributed by atoms with van der Waals surface area (Å²) in [5.74, 6) is 0.519. The Bertz CT molecular complexity index is 357. The molecule has 0 aliphatic heterocycles. The van der Waals surface area contributed by atoms with Gasteiger partial charge in [-0.25, -0.2) is 0 Å². The molecule has 16 heavy (non-hydrogen) atoms. The average Bonchev–Trinajstić information content (AvgIpc) is 3.10. The second-order valence-corrected chi connectivity index (χ2v) is 4.52. The van der Waals surface area contributed by atoms with Crippen LogP contribution >= 0.6 is 0 Å². The van der Waals surface area contributed by atoms with E-state index in [1.165, 1.54) is 18.4 Å². The zero-order valence-corrected chi connectivity index (χ0v) is 9.52. The zero-order chi connectivity index (χ0) is 11.5. The van der Waals surface area contributed by atoms with Gasteiger partial charge in [-0.3, -0.25) is 4.79 Å². The lowest BCUT2D eigenvalue weighted by Crippen LogP contribution is -2.40. The number of hydrogen-bond acceptors (Lipinski definition) is 2. The van der Waals surface area contributed by atoms with Gasteiger partial charge in [0.1, 0.15) is 0 Å². The number of hydrogen-bond donors (Lipinski definition) is 2. The fraction of sp³-hybridized carbons (Fsp3) is 0.462. The topological polar surface area (TPSA) is 55.1 Å². The van der Waals surface area contributed by atoms with Gasteiger partial charge in [0, 0.05) is 0 Å². The molecular formula is C13H18N2O. The van der Waals surface area contributed by atoms with E-state index in [9.17, 15) is 4.79 Å². The minimum atomic E-state index is -0.440. The van der Waals surface area contributed by atoms with Crippen LogP contribution in [0.15, 0.2) is 30.3 Å². The quantitative estimate of drug-likeness (QED) is 0.806. The second kappa shape index (κ2) is 4.66. The first-order valence-corrected chi connectivity index (χ1v) is 5.79. The Kier molecular flexibility index (Phi) is 3.25. The van der Waals surface area contributed by atoms with E-state index in [1.807, 2.05) is 18.2 Å². The van der Waals surface area contributed by atoms with Crippen molar-refractivity contribution in [2.45, 2.75) is 31.8 Å². The molecule has 1 aliphatic rings. The van der Waals surface area contributed by atoms with Gasteiger partial charge in [-0.1, -0.05) is 30.3 Å². The monoisotopic (exact) mass is 218 g/mol. The molecule has 1 aromatic rings. The summed E-state index contributed by atoms with van der Waals surface area (Å²) in [6.45, 7) is 1.71. The molecule has 1 aromatic carbocycles. The van der Waals surface area contributed by atoms with Gasteiger partial charge in [-0.2, -0.15) is 0 Å². The number of carbonyl (C=O) groups excluding carboxylic acids is 1. The summed E-state index contributed by atoms with van der Waals surface area (Å²) < 4.78 is 0. The van der Waals surface area contributed by atoms with Gasteiger partial charge in [-0.05, 0) is 31.2 Å². The van der Waals surface area contributed by atoms with Crippen LogP contribution in [0.1, 0.15) is 31.4 Å². The molecule has 1 fully saturated rings. The van der Waals surface area contributed by atoms with Gasteiger partial charge >= 0.3 is 0 Å². The highest BCUT2D eigenvalue weighted by atomic mass is 16.2. The van der Waals surface area contributed by atoms with Crippen LogP contribution in [0.4, 0.5) is 0 Å². The Hall–Kier alpha value is -1.35. The Morgan fingerprint density at radius 1 is 1.38 bits per heavy atom. The smallest absolute Gasteiger partial charge is 0.237 e. The summed E-state index contributed by atoms with van der Waals surface area (Å²) in [6, 6.07) is 9.81. The van der Waals surface area contributed by atoms with Crippen LogP contribution in [0.25, 0.3) is 0 Å². The van der Waals surface area contributed by atoms with Crippen molar-refractivity contribution in [3.05, 3.63) is 35.9 Å². The summed E-state index contributed by atoms with van der Waals surface area (Å²) in [4.78, 5) is 11.6. The van der Waals surface area contributed by atoms with Crippen molar-refractivity contribution in [1.82, 2.24) is 5.32 Å². The van der Waals surface area contributed by atoms with E-state index in [0.29, 0.717) is 5.92 Å². The predicted octanol–water partition coefficient (Wildman–Crippen LogP) is 1.60. The van der Waals surface area contributed by atoms with Gasteiger partial charge in [0.05, 0.1) is 12.1 Å². The Balaban J connectivity index is 2.09. The number of amides is 1. The molecule has 86 valence electrons. The maximum Gasteiger partial charge on any atom is 0.237 e. The molecule has 0 saturated heterocycles. The van der Waals surface area contributed by atoms with Gasteiger partial charge in [0.15, 0.2) is 0 Å². The van der Waals surface area contributed by atoms with E-state index in [-0.39, 0.29) is 11.9 Å². The van der Waals surface area contributed by atoms with Crippen molar-refractivity contribution in [2.75, 3.05) is 0 Å². The molecule has 3 N–H and O–H groups in total. The number of rotatable bonds is 4. The first-order chi connectivity index (χ1) is 7.68. The molecule has 2 unspecified atom stereocenters. The predicted molar refractivity (Wildman–Crippen MR) is 63.7 cm³/mol. The first kappa shape index (κ1) is 11.1. The molecule has 1 amide bonds. The second-order valence-electron chi connectivity index (χ2n) is 4.52. The highest BCUT2D eigenvalue weighted by Gasteiger charge is 2.33. The van der Waals surface area contributed by atoms with E-state index < -0.39 is 6.04 Å². The minimum absolute atomic E-state index is 0.0687. The van der Waals surface area contributed by atoms with Crippen LogP contribution in [0.5, 0.6) is 0 Å². The van der Waals surface area contributed by atoms with E-state index in [2.05, 4.69) is 17.4 Å². The fourth-order valence-corrected chi connectivity index (χ4v) is 1.85. The van der Waals surface area contributed by atoms with E-state index in [1.54, 1.807) is 6.92 Å². The largest absolute Gasteiger partial charge is 0.348 e. The highest BCUT2D eigenvalue weighted by Crippen LogP contribution is 2.40. The molecule has 3 heteroatoms. The van der Waals surface area contributed by atoms with Crippen molar-refractivity contribution >= 4 is 5.91 Å². The van der Waals surface area contributed by atoms with Crippen LogP contribution in [-0.4, -0.2) is 11.9 Å². The fourth-order valence-electron chi connectivity index (χ4n) is 1.85. The highest BCUT2D eigenvalue weighted by molar-refractivity contribution is 5.81. The maximum absolute atomic E-state index is 11.6. The van der Waals surface area contributed by atoms with Crippen molar-refractivity contribution in [3.63, 3.8) is 0 Å². The molecular weight excluding hydrogens is 200 g/mol. The molecule has 1 saturated carbocycles. The van der Waals surface area contributed by atoms with E-state index >= 15 is 0 Å². The Morgan fingerprint density at radius 3 is 2.50 bits per heavy atom. The van der Waals surface area contributed by atoms with Crippen molar-refractivity contribution < 1.29 is 4.79 Å². The van der Waals surface area contributed by atoms with Crippen LogP contribution in [0, 0.1) is 5.92 Å². The van der Waals surface area contributed by atoms with Crippen molar-refractivity contribution in [2.24, 2.45) is 11.7 Å². The standard InChI is InChI=1S/C13H18N2O/c1-9(14)13(16)15-12(11-7-8-11)10-5-3-2-4-6-10/h2-6,9,11-12H,7-8,14H2,1H3,(H,15,16). The van der Waals surface area contributed by atoms with Crippen LogP contribution in [0.3, 0.4) is 0 Å². The van der Waals surface area contributed by atoms with Crippen LogP contribution in [0.2, 0.25) is 0 Å². The maximum atomic E-state index is 11.6. The number of nitrogens with one attached hydrogen (secondary N) is 1. The lowest BCUT2D eigenvalue weighted by atomic mass is 10.0. The lowest BCUT2D eigenvalue weighted by Gasteiger charge is -2.20. The van der Waals surface area contributed by atoms with Gasteiger partial charge in [0.25, 0.3) is 0 Å². The first-order valence-electron chi connectivity index (χ1n) is 5.79. The number of nitrogens with two attached hydrogens (primary N) is 1. The number of benzene rings is 1. The molecule has 2 rings (SSSR count). The number of carbonyl (C=O) groups is 1. The van der Waals surface area contributed by atoms with Crippen LogP contribution < -0.4 is 11.1 Å². The minimum Gasteiger partial charge on any atom is -0.348 e. The summed E-state index contributed by atoms with van der Waals surface area (Å²) in [5.41, 5.74) is 6.75. The van der Waals surface area contributed by atoms with E-state index in [4.69, 9.17) is 5.73 Å². The summed E-state index contributed by atoms with van der Waals surface area (Å²) in [6.07, 6.45) is 2.39. The molecule has 0 aromatic heterocycles. The molecule has 3 nitrogen and oxygen atoms in total. The average molecular weight is 218 g/mol. The summed E-state index contributed by atoms with van der Waals surface area (Å²) in [5, 5.41) is 3.03. The van der Waals surface area contributed by atoms with Gasteiger partial charge in [-0.15, -0.1) is 0 Å². The molecule has 0 radical (unpaired) electrons. The molecule has 0 heterocycles. The van der Waals surface area contributed by atoms with Gasteiger partial charge in [0.2, 0.25) is 5.91 Å². The molecule has 2 atom stereocenters. The summed E-state index contributed by atoms with van der Waals surface area (Å²) >= 11 is 0. The third kappa shape index (κ3) is 2.61. The van der Waals surface area contributed by atoms with E-state index in [0.717, 1.165) is 0 Å². The Morgan fingerprint density at radius 2 is 2.00 bits per heavy atom. The normalized spacial score (nSPS) is 18.9. The molecule has 0 spiro atoms. The third-order valence-corrected chi connectivity index (χ3v) is 2.96. The van der Waals surface area contributed by atoms with Crippen molar-refractivity contribution in [1.29, 1.82) is 0 Å². The summed E-state index contributed by atoms with van der Waals surface area (Å²) in [7, 11) is 0. The lowest BCUT2D eigenvalue weighted by molar-refractivity contribution is -0.122. The Labute approximate surface area is 96.0 Å². The SMILES string of the molecule is CC(N)C(=O)NC(c1ccccc1)C1CC1. The molecule has 0 bridgehead atoms. The third-order valence-electron chi connectivity index (χ3n) is 2.96. The molecule has 1 aliphatic carbocycles. The van der Waals surface area contributed by atoms with Crippen LogP contribution in [-0.2, 0) is 4.79 Å². The zero-order valence-electron chi connectivity index (χ0n) is 9.52. The van der Waals surface area contributed by atoms with Crippen molar-refractivity contribution in [3.8, 4) is 0 Å².